The van der Waals surface area contributed by atoms with E-state index in [1.165, 1.54) is 12.1 Å². The van der Waals surface area contributed by atoms with Crippen LogP contribution < -0.4 is 14.2 Å². The molecular weight excluding hydrogens is 481 g/mol. The molecule has 186 valence electrons. The first kappa shape index (κ1) is 25.0. The Morgan fingerprint density at radius 1 is 0.971 bits per heavy atom. The number of benzene rings is 3. The lowest BCUT2D eigenvalue weighted by molar-refractivity contribution is -0.274. The number of likely N-dealkylation sites (tertiary alicyclic amines) is 1. The third-order valence-electron chi connectivity index (χ3n) is 5.73. The van der Waals surface area contributed by atoms with Gasteiger partial charge in [0.1, 0.15) is 11.5 Å². The summed E-state index contributed by atoms with van der Waals surface area (Å²) in [6.45, 7) is 1.86. The number of hydrogen-bond acceptors (Lipinski definition) is 5. The van der Waals surface area contributed by atoms with E-state index in [9.17, 15) is 21.6 Å². The molecule has 35 heavy (non-hydrogen) atoms. The van der Waals surface area contributed by atoms with Gasteiger partial charge in [-0.1, -0.05) is 42.5 Å². The summed E-state index contributed by atoms with van der Waals surface area (Å²) in [5, 5.41) is 0. The molecule has 3 aromatic carbocycles. The van der Waals surface area contributed by atoms with Crippen LogP contribution in [0.1, 0.15) is 12.0 Å². The Morgan fingerprint density at radius 3 is 2.26 bits per heavy atom. The minimum Gasteiger partial charge on any atom is -0.497 e. The topological polar surface area (TPSA) is 67.9 Å². The summed E-state index contributed by atoms with van der Waals surface area (Å²) in [4.78, 5) is 1.87. The lowest BCUT2D eigenvalue weighted by Gasteiger charge is -2.17. The molecule has 1 heterocycles. The van der Waals surface area contributed by atoms with Crippen LogP contribution in [0.4, 0.5) is 13.2 Å². The fourth-order valence-corrected chi connectivity index (χ4v) is 5.34. The van der Waals surface area contributed by atoms with Crippen LogP contribution >= 0.6 is 0 Å². The monoisotopic (exact) mass is 506 g/mol. The summed E-state index contributed by atoms with van der Waals surface area (Å²) in [6.07, 6.45) is -4.30. The first-order valence-corrected chi connectivity index (χ1v) is 12.4. The van der Waals surface area contributed by atoms with Gasteiger partial charge in [0.15, 0.2) is 0 Å². The van der Waals surface area contributed by atoms with Gasteiger partial charge in [-0.05, 0) is 47.4 Å². The van der Waals surface area contributed by atoms with Crippen LogP contribution in [0, 0.1) is 0 Å². The molecule has 0 saturated carbocycles. The summed E-state index contributed by atoms with van der Waals surface area (Å²) < 4.78 is 74.4. The summed E-state index contributed by atoms with van der Waals surface area (Å²) >= 11 is 0. The zero-order chi connectivity index (χ0) is 25.1. The maximum Gasteiger partial charge on any atom is 0.573 e. The number of alkyl halides is 3. The highest BCUT2D eigenvalue weighted by molar-refractivity contribution is 7.89. The molecule has 1 atom stereocenters. The van der Waals surface area contributed by atoms with Gasteiger partial charge in [0, 0.05) is 31.7 Å². The lowest BCUT2D eigenvalue weighted by Crippen LogP contribution is -2.37. The second-order valence-electron chi connectivity index (χ2n) is 8.29. The number of ether oxygens (including phenoxy) is 2. The molecule has 1 N–H and O–H groups in total. The molecule has 1 aliphatic heterocycles. The van der Waals surface area contributed by atoms with Crippen molar-refractivity contribution in [2.45, 2.75) is 30.3 Å². The van der Waals surface area contributed by atoms with E-state index in [0.29, 0.717) is 26.1 Å². The van der Waals surface area contributed by atoms with E-state index in [1.54, 1.807) is 7.11 Å². The van der Waals surface area contributed by atoms with Crippen molar-refractivity contribution < 1.29 is 31.1 Å². The van der Waals surface area contributed by atoms with Gasteiger partial charge in [0.25, 0.3) is 0 Å². The van der Waals surface area contributed by atoms with E-state index in [0.717, 1.165) is 34.6 Å². The predicted octanol–water partition coefficient (Wildman–Crippen LogP) is 4.81. The molecule has 0 bridgehead atoms. The Balaban J connectivity index is 1.34. The summed E-state index contributed by atoms with van der Waals surface area (Å²) in [5.74, 6) is 0.221. The Kier molecular flexibility index (Phi) is 7.34. The number of halogens is 3. The quantitative estimate of drug-likeness (QED) is 0.475. The average molecular weight is 507 g/mol. The first-order valence-electron chi connectivity index (χ1n) is 11.0. The molecule has 1 aliphatic rings. The Bertz CT molecular complexity index is 1250. The molecule has 1 unspecified atom stereocenters. The smallest absolute Gasteiger partial charge is 0.497 e. The van der Waals surface area contributed by atoms with Gasteiger partial charge in [-0.2, -0.15) is 0 Å². The van der Waals surface area contributed by atoms with Gasteiger partial charge < -0.3 is 9.47 Å². The Morgan fingerprint density at radius 2 is 1.63 bits per heavy atom. The number of rotatable bonds is 8. The normalized spacial score (nSPS) is 16.9. The van der Waals surface area contributed by atoms with E-state index in [2.05, 4.69) is 14.4 Å². The Labute approximate surface area is 202 Å². The average Bonchev–Trinajstić information content (AvgIpc) is 3.24. The van der Waals surface area contributed by atoms with Gasteiger partial charge >= 0.3 is 6.36 Å². The van der Waals surface area contributed by atoms with Crippen LogP contribution in [0.2, 0.25) is 0 Å². The minimum atomic E-state index is -4.89. The standard InChI is InChI=1S/C25H25F3N2O4S/c1-33-22-11-9-20(10-12-22)19-7-5-18(6-8-19)16-30-14-13-21(17-30)29-35(31,32)24-4-2-3-23(15-24)34-25(26,27)28/h2-12,15,21,29H,13-14,16-17H2,1H3. The van der Waals surface area contributed by atoms with Crippen molar-refractivity contribution in [2.75, 3.05) is 20.2 Å². The van der Waals surface area contributed by atoms with Crippen molar-refractivity contribution in [1.82, 2.24) is 9.62 Å². The van der Waals surface area contributed by atoms with Gasteiger partial charge in [0.05, 0.1) is 12.0 Å². The maximum absolute atomic E-state index is 12.7. The van der Waals surface area contributed by atoms with Gasteiger partial charge in [0.2, 0.25) is 10.0 Å². The molecule has 6 nitrogen and oxygen atoms in total. The van der Waals surface area contributed by atoms with Crippen LogP contribution in [-0.4, -0.2) is 45.9 Å². The highest BCUT2D eigenvalue weighted by Crippen LogP contribution is 2.26. The number of nitrogens with zero attached hydrogens (tertiary/aromatic N) is 1. The van der Waals surface area contributed by atoms with Crippen molar-refractivity contribution >= 4 is 10.0 Å². The maximum atomic E-state index is 12.7. The summed E-state index contributed by atoms with van der Waals surface area (Å²) in [7, 11) is -2.36. The molecule has 3 aromatic rings. The molecule has 0 radical (unpaired) electrons. The van der Waals surface area contributed by atoms with Crippen LogP contribution in [0.15, 0.2) is 77.7 Å². The van der Waals surface area contributed by atoms with E-state index >= 15 is 0 Å². The third kappa shape index (κ3) is 6.74. The van der Waals surface area contributed by atoms with Crippen LogP contribution in [0.5, 0.6) is 11.5 Å². The summed E-state index contributed by atoms with van der Waals surface area (Å²) in [5.41, 5.74) is 3.26. The molecule has 0 aromatic heterocycles. The van der Waals surface area contributed by atoms with Gasteiger partial charge in [-0.25, -0.2) is 13.1 Å². The predicted molar refractivity (Wildman–Crippen MR) is 126 cm³/mol. The highest BCUT2D eigenvalue weighted by Gasteiger charge is 2.32. The SMILES string of the molecule is COc1ccc(-c2ccc(CN3CCC(NS(=O)(=O)c4cccc(OC(F)(F)F)c4)C3)cc2)cc1. The fourth-order valence-electron chi connectivity index (χ4n) is 4.04. The molecule has 1 saturated heterocycles. The van der Waals surface area contributed by atoms with Crippen LogP contribution in [0.25, 0.3) is 11.1 Å². The number of hydrogen-bond donors (Lipinski definition) is 1. The zero-order valence-corrected chi connectivity index (χ0v) is 19.8. The molecule has 0 aliphatic carbocycles. The first-order chi connectivity index (χ1) is 16.6. The van der Waals surface area contributed by atoms with Crippen molar-refractivity contribution in [1.29, 1.82) is 0 Å². The molecule has 0 spiro atoms. The second kappa shape index (κ2) is 10.3. The molecular formula is C25H25F3N2O4S. The fraction of sp³-hybridized carbons (Fsp3) is 0.280. The van der Waals surface area contributed by atoms with Crippen molar-refractivity contribution in [3.63, 3.8) is 0 Å². The number of sulfonamides is 1. The molecule has 1 fully saturated rings. The van der Waals surface area contributed by atoms with Crippen molar-refractivity contribution in [3.8, 4) is 22.6 Å². The van der Waals surface area contributed by atoms with Gasteiger partial charge in [-0.15, -0.1) is 13.2 Å². The molecule has 4 rings (SSSR count). The van der Waals surface area contributed by atoms with Gasteiger partial charge in [-0.3, -0.25) is 4.90 Å². The molecule has 10 heteroatoms. The lowest BCUT2D eigenvalue weighted by atomic mass is 10.0. The molecule has 0 amide bonds. The minimum absolute atomic E-state index is 0.271. The summed E-state index contributed by atoms with van der Waals surface area (Å²) in [6, 6.07) is 20.0. The van der Waals surface area contributed by atoms with E-state index in [-0.39, 0.29) is 10.9 Å². The number of methoxy groups -OCH3 is 1. The van der Waals surface area contributed by atoms with Crippen LogP contribution in [0.3, 0.4) is 0 Å². The van der Waals surface area contributed by atoms with Crippen molar-refractivity contribution in [3.05, 3.63) is 78.4 Å². The number of nitrogens with one attached hydrogen (secondary N) is 1. The van der Waals surface area contributed by atoms with E-state index < -0.39 is 22.1 Å². The van der Waals surface area contributed by atoms with E-state index in [4.69, 9.17) is 4.74 Å². The van der Waals surface area contributed by atoms with Crippen LogP contribution in [-0.2, 0) is 16.6 Å². The zero-order valence-electron chi connectivity index (χ0n) is 19.0. The Hall–Kier alpha value is -3.08. The third-order valence-corrected chi connectivity index (χ3v) is 7.25. The van der Waals surface area contributed by atoms with Crippen molar-refractivity contribution in [2.24, 2.45) is 0 Å². The highest BCUT2D eigenvalue weighted by atomic mass is 32.2. The van der Waals surface area contributed by atoms with E-state index in [1.807, 2.05) is 48.5 Å². The second-order valence-corrected chi connectivity index (χ2v) is 10.0. The largest absolute Gasteiger partial charge is 0.573 e.